The van der Waals surface area contributed by atoms with Crippen LogP contribution in [0, 0.1) is 5.92 Å². The number of halogens is 2. The Kier molecular flexibility index (Phi) is 4.46. The molecule has 1 saturated carbocycles. The van der Waals surface area contributed by atoms with Crippen molar-refractivity contribution in [3.8, 4) is 0 Å². The average Bonchev–Trinajstić information content (AvgIpc) is 2.49. The van der Waals surface area contributed by atoms with Crippen LogP contribution in [0.4, 0.5) is 10.5 Å². The molecule has 0 N–H and O–H groups in total. The lowest BCUT2D eigenvalue weighted by Gasteiger charge is -2.47. The second-order valence-corrected chi connectivity index (χ2v) is 7.54. The number of carbonyl (C=O) groups excluding carboxylic acids is 2. The number of imide groups is 1. The van der Waals surface area contributed by atoms with E-state index in [-0.39, 0.29) is 23.9 Å². The van der Waals surface area contributed by atoms with E-state index in [2.05, 4.69) is 15.9 Å². The first-order valence-corrected chi connectivity index (χ1v) is 8.86. The summed E-state index contributed by atoms with van der Waals surface area (Å²) in [4.78, 5) is 29.2. The number of rotatable bonds is 2. The number of urea groups is 1. The molecule has 22 heavy (non-hydrogen) atoms. The summed E-state index contributed by atoms with van der Waals surface area (Å²) in [6.45, 7) is 2.57. The van der Waals surface area contributed by atoms with Gasteiger partial charge in [0.1, 0.15) is 0 Å². The molecule has 0 radical (unpaired) electrons. The highest BCUT2D eigenvalue weighted by molar-refractivity contribution is 9.09. The SMILES string of the molecule is CCN1C(=O)N(c2cccc(Cl)c2)C(=O)C2CC(Br)CCC21. The Morgan fingerprint density at radius 2 is 2.09 bits per heavy atom. The standard InChI is InChI=1S/C16H18BrClN2O2/c1-2-19-14-7-6-10(17)8-13(14)15(21)20(16(19)22)12-5-3-4-11(18)9-12/h3-5,9-10,13-14H,2,6-8H2,1H3. The molecule has 1 aliphatic heterocycles. The van der Waals surface area contributed by atoms with Crippen LogP contribution in [0.15, 0.2) is 24.3 Å². The number of fused-ring (bicyclic) bond motifs is 1. The lowest BCUT2D eigenvalue weighted by Crippen LogP contribution is -2.63. The average molecular weight is 386 g/mol. The van der Waals surface area contributed by atoms with E-state index in [1.54, 1.807) is 24.3 Å². The molecule has 3 unspecified atom stereocenters. The Morgan fingerprint density at radius 1 is 1.32 bits per heavy atom. The van der Waals surface area contributed by atoms with E-state index in [4.69, 9.17) is 11.6 Å². The summed E-state index contributed by atoms with van der Waals surface area (Å²) in [7, 11) is 0. The molecule has 4 nitrogen and oxygen atoms in total. The fourth-order valence-corrected chi connectivity index (χ4v) is 4.35. The summed E-state index contributed by atoms with van der Waals surface area (Å²) in [5, 5.41) is 0.519. The Balaban J connectivity index is 1.99. The molecule has 3 amide bonds. The van der Waals surface area contributed by atoms with Crippen LogP contribution < -0.4 is 4.90 Å². The molecule has 0 spiro atoms. The number of benzene rings is 1. The van der Waals surface area contributed by atoms with Crippen LogP contribution in [0.5, 0.6) is 0 Å². The van der Waals surface area contributed by atoms with Gasteiger partial charge < -0.3 is 4.90 Å². The van der Waals surface area contributed by atoms with Crippen LogP contribution in [-0.2, 0) is 4.79 Å². The molecule has 118 valence electrons. The summed E-state index contributed by atoms with van der Waals surface area (Å²) >= 11 is 9.65. The van der Waals surface area contributed by atoms with Gasteiger partial charge >= 0.3 is 6.03 Å². The number of amides is 3. The Morgan fingerprint density at radius 3 is 2.77 bits per heavy atom. The van der Waals surface area contributed by atoms with Crippen molar-refractivity contribution in [2.45, 2.75) is 37.1 Å². The Bertz CT molecular complexity index is 610. The quantitative estimate of drug-likeness (QED) is 0.720. The third kappa shape index (κ3) is 2.65. The van der Waals surface area contributed by atoms with Crippen molar-refractivity contribution in [2.24, 2.45) is 5.92 Å². The van der Waals surface area contributed by atoms with Gasteiger partial charge in [-0.2, -0.15) is 0 Å². The fourth-order valence-electron chi connectivity index (χ4n) is 3.49. The van der Waals surface area contributed by atoms with Crippen LogP contribution in [0.3, 0.4) is 0 Å². The van der Waals surface area contributed by atoms with E-state index in [0.717, 1.165) is 19.3 Å². The summed E-state index contributed by atoms with van der Waals surface area (Å²) in [5.41, 5.74) is 0.552. The van der Waals surface area contributed by atoms with Gasteiger partial charge in [-0.3, -0.25) is 4.79 Å². The number of alkyl halides is 1. The van der Waals surface area contributed by atoms with Crippen LogP contribution in [-0.4, -0.2) is 34.3 Å². The lowest BCUT2D eigenvalue weighted by molar-refractivity contribution is -0.126. The second-order valence-electron chi connectivity index (χ2n) is 5.81. The lowest BCUT2D eigenvalue weighted by atomic mass is 9.81. The monoisotopic (exact) mass is 384 g/mol. The zero-order valence-electron chi connectivity index (χ0n) is 12.3. The molecule has 1 aliphatic carbocycles. The second kappa shape index (κ2) is 6.20. The van der Waals surface area contributed by atoms with Crippen LogP contribution >= 0.6 is 27.5 Å². The molecule has 2 aliphatic rings. The zero-order valence-corrected chi connectivity index (χ0v) is 14.7. The van der Waals surface area contributed by atoms with Crippen molar-refractivity contribution in [2.75, 3.05) is 11.4 Å². The first kappa shape index (κ1) is 15.8. The number of carbonyl (C=O) groups is 2. The summed E-state index contributed by atoms with van der Waals surface area (Å²) < 4.78 is 0. The Hall–Kier alpha value is -1.07. The minimum Gasteiger partial charge on any atom is -0.320 e. The molecule has 3 atom stereocenters. The van der Waals surface area contributed by atoms with Gasteiger partial charge in [0.25, 0.3) is 0 Å². The van der Waals surface area contributed by atoms with E-state index in [1.807, 2.05) is 11.8 Å². The highest BCUT2D eigenvalue weighted by atomic mass is 79.9. The molecule has 0 bridgehead atoms. The minimum absolute atomic E-state index is 0.0224. The van der Waals surface area contributed by atoms with Gasteiger partial charge in [0.05, 0.1) is 11.6 Å². The molecule has 1 aromatic carbocycles. The largest absolute Gasteiger partial charge is 0.331 e. The number of hydrogen-bond acceptors (Lipinski definition) is 2. The van der Waals surface area contributed by atoms with E-state index >= 15 is 0 Å². The van der Waals surface area contributed by atoms with Crippen LogP contribution in [0.25, 0.3) is 0 Å². The van der Waals surface area contributed by atoms with E-state index < -0.39 is 0 Å². The van der Waals surface area contributed by atoms with Gasteiger partial charge in [-0.05, 0) is 44.4 Å². The zero-order chi connectivity index (χ0) is 15.9. The summed E-state index contributed by atoms with van der Waals surface area (Å²) in [6, 6.07) is 6.71. The molecular weight excluding hydrogens is 368 g/mol. The van der Waals surface area contributed by atoms with Gasteiger partial charge in [-0.1, -0.05) is 33.6 Å². The van der Waals surface area contributed by atoms with Crippen molar-refractivity contribution in [3.63, 3.8) is 0 Å². The summed E-state index contributed by atoms with van der Waals surface area (Å²) in [5.74, 6) is -0.249. The van der Waals surface area contributed by atoms with Crippen molar-refractivity contribution < 1.29 is 9.59 Å². The highest BCUT2D eigenvalue weighted by Crippen LogP contribution is 2.38. The van der Waals surface area contributed by atoms with E-state index in [1.165, 1.54) is 4.90 Å². The van der Waals surface area contributed by atoms with Crippen molar-refractivity contribution >= 4 is 45.2 Å². The molecule has 3 rings (SSSR count). The van der Waals surface area contributed by atoms with Crippen LogP contribution in [0.2, 0.25) is 5.02 Å². The van der Waals surface area contributed by atoms with Gasteiger partial charge in [-0.15, -0.1) is 0 Å². The predicted octanol–water partition coefficient (Wildman–Crippen LogP) is 4.06. The van der Waals surface area contributed by atoms with Gasteiger partial charge in [0, 0.05) is 22.4 Å². The van der Waals surface area contributed by atoms with E-state index in [9.17, 15) is 9.59 Å². The molecule has 1 aromatic rings. The van der Waals surface area contributed by atoms with Crippen molar-refractivity contribution in [1.82, 2.24) is 4.90 Å². The summed E-state index contributed by atoms with van der Waals surface area (Å²) in [6.07, 6.45) is 2.63. The van der Waals surface area contributed by atoms with Gasteiger partial charge in [0.2, 0.25) is 5.91 Å². The third-order valence-electron chi connectivity index (χ3n) is 4.53. The van der Waals surface area contributed by atoms with Crippen LogP contribution in [0.1, 0.15) is 26.2 Å². The first-order valence-electron chi connectivity index (χ1n) is 7.57. The van der Waals surface area contributed by atoms with Gasteiger partial charge in [-0.25, -0.2) is 9.69 Å². The first-order chi connectivity index (χ1) is 10.5. The normalized spacial score (nSPS) is 28.8. The molecule has 6 heteroatoms. The maximum Gasteiger partial charge on any atom is 0.331 e. The highest BCUT2D eigenvalue weighted by Gasteiger charge is 2.48. The minimum atomic E-state index is -0.232. The molecular formula is C16H18BrClN2O2. The predicted molar refractivity (Wildman–Crippen MR) is 90.6 cm³/mol. The van der Waals surface area contributed by atoms with Gasteiger partial charge in [0.15, 0.2) is 0 Å². The maximum absolute atomic E-state index is 12.9. The van der Waals surface area contributed by atoms with E-state index in [0.29, 0.717) is 22.1 Å². The molecule has 1 heterocycles. The molecule has 1 saturated heterocycles. The third-order valence-corrected chi connectivity index (χ3v) is 5.60. The van der Waals surface area contributed by atoms with Crippen molar-refractivity contribution in [3.05, 3.63) is 29.3 Å². The maximum atomic E-state index is 12.9. The molecule has 2 fully saturated rings. The number of hydrogen-bond donors (Lipinski definition) is 0. The van der Waals surface area contributed by atoms with Crippen molar-refractivity contribution in [1.29, 1.82) is 0 Å². The smallest absolute Gasteiger partial charge is 0.320 e. The number of anilines is 1. The molecule has 0 aromatic heterocycles. The number of nitrogens with zero attached hydrogens (tertiary/aromatic N) is 2. The Labute approximate surface area is 143 Å². The fraction of sp³-hybridized carbons (Fsp3) is 0.500. The topological polar surface area (TPSA) is 40.6 Å².